The molecule has 0 aliphatic carbocycles. The lowest BCUT2D eigenvalue weighted by Gasteiger charge is -2.39. The summed E-state index contributed by atoms with van der Waals surface area (Å²) in [6.45, 7) is 5.84. The molecule has 0 aromatic heterocycles. The zero-order valence-corrected chi connectivity index (χ0v) is 14.5. The van der Waals surface area contributed by atoms with Crippen LogP contribution in [0.5, 0.6) is 0 Å². The maximum absolute atomic E-state index is 12.9. The average Bonchev–Trinajstić information content (AvgIpc) is 2.77. The second-order valence-electron chi connectivity index (χ2n) is 6.49. The molecule has 2 aliphatic heterocycles. The molecule has 2 fully saturated rings. The van der Waals surface area contributed by atoms with Gasteiger partial charge in [-0.3, -0.25) is 4.79 Å². The van der Waals surface area contributed by atoms with E-state index in [-0.39, 0.29) is 30.7 Å². The third-order valence-electron chi connectivity index (χ3n) is 4.18. The quantitative estimate of drug-likeness (QED) is 0.751. The topological polar surface area (TPSA) is 104 Å². The summed E-state index contributed by atoms with van der Waals surface area (Å²) in [7, 11) is -3.42. The second kappa shape index (κ2) is 6.74. The van der Waals surface area contributed by atoms with E-state index in [9.17, 15) is 18.0 Å². The monoisotopic (exact) mass is 348 g/mol. The number of aliphatic carboxylic acids is 1. The average molecular weight is 348 g/mol. The highest BCUT2D eigenvalue weighted by Crippen LogP contribution is 2.25. The highest BCUT2D eigenvalue weighted by molar-refractivity contribution is 7.89. The van der Waals surface area contributed by atoms with Crippen molar-refractivity contribution >= 4 is 21.9 Å². The Balaban J connectivity index is 2.22. The number of carbonyl (C=O) groups excluding carboxylic acids is 1. The van der Waals surface area contributed by atoms with Crippen molar-refractivity contribution in [1.29, 1.82) is 0 Å². The van der Waals surface area contributed by atoms with Crippen LogP contribution in [0, 0.1) is 5.92 Å². The zero-order chi connectivity index (χ0) is 17.4. The molecule has 23 heavy (non-hydrogen) atoms. The van der Waals surface area contributed by atoms with Crippen LogP contribution < -0.4 is 0 Å². The first-order valence-electron chi connectivity index (χ1n) is 7.80. The number of sulfonamides is 1. The first-order chi connectivity index (χ1) is 10.6. The SMILES string of the molecule is CC(C)C(C(=O)N1CC(C(=O)O)O[C@H](C)C1)N1CCCS1(=O)=O. The van der Waals surface area contributed by atoms with Crippen molar-refractivity contribution in [3.63, 3.8) is 0 Å². The number of hydrogen-bond acceptors (Lipinski definition) is 5. The standard InChI is InChI=1S/C14H24N2O6S/c1-9(2)12(16-5-4-6-23(16,20)21)13(17)15-7-10(3)22-11(8-15)14(18)19/h9-12H,4-8H2,1-3H3,(H,18,19)/t10-,11?,12?/m1/s1. The fourth-order valence-electron chi connectivity index (χ4n) is 3.17. The molecule has 2 saturated heterocycles. The molecule has 0 radical (unpaired) electrons. The van der Waals surface area contributed by atoms with Crippen LogP contribution >= 0.6 is 0 Å². The van der Waals surface area contributed by atoms with E-state index in [0.717, 1.165) is 0 Å². The number of carboxylic acids is 1. The van der Waals surface area contributed by atoms with Gasteiger partial charge in [0.25, 0.3) is 0 Å². The number of nitrogens with zero attached hydrogens (tertiary/aromatic N) is 2. The largest absolute Gasteiger partial charge is 0.479 e. The van der Waals surface area contributed by atoms with E-state index in [2.05, 4.69) is 0 Å². The third-order valence-corrected chi connectivity index (χ3v) is 6.11. The number of ether oxygens (including phenoxy) is 1. The number of carbonyl (C=O) groups is 2. The smallest absolute Gasteiger partial charge is 0.334 e. The number of morpholine rings is 1. The maximum atomic E-state index is 12.9. The normalized spacial score (nSPS) is 29.7. The van der Waals surface area contributed by atoms with Crippen molar-refractivity contribution in [3.05, 3.63) is 0 Å². The summed E-state index contributed by atoms with van der Waals surface area (Å²) in [6, 6.07) is -0.790. The van der Waals surface area contributed by atoms with Gasteiger partial charge in [-0.15, -0.1) is 0 Å². The minimum Gasteiger partial charge on any atom is -0.479 e. The van der Waals surface area contributed by atoms with Crippen LogP contribution in [0.4, 0.5) is 0 Å². The molecule has 0 saturated carbocycles. The lowest BCUT2D eigenvalue weighted by atomic mass is 10.0. The first kappa shape index (κ1) is 18.2. The van der Waals surface area contributed by atoms with Gasteiger partial charge in [-0.2, -0.15) is 4.31 Å². The molecule has 0 aromatic carbocycles. The van der Waals surface area contributed by atoms with Gasteiger partial charge in [0.2, 0.25) is 15.9 Å². The van der Waals surface area contributed by atoms with Gasteiger partial charge in [0.05, 0.1) is 18.4 Å². The second-order valence-corrected chi connectivity index (χ2v) is 8.53. The molecular weight excluding hydrogens is 324 g/mol. The number of rotatable bonds is 4. The Kier molecular flexibility index (Phi) is 5.32. The highest BCUT2D eigenvalue weighted by Gasteiger charge is 2.43. The first-order valence-corrected chi connectivity index (χ1v) is 9.41. The van der Waals surface area contributed by atoms with Crippen LogP contribution in [-0.4, -0.2) is 78.2 Å². The summed E-state index contributed by atoms with van der Waals surface area (Å²) in [4.78, 5) is 25.5. The molecule has 9 heteroatoms. The van der Waals surface area contributed by atoms with Crippen molar-refractivity contribution in [3.8, 4) is 0 Å². The van der Waals surface area contributed by atoms with Crippen molar-refractivity contribution < 1.29 is 27.9 Å². The minimum atomic E-state index is -3.42. The lowest BCUT2D eigenvalue weighted by molar-refractivity contribution is -0.168. The van der Waals surface area contributed by atoms with Crippen LogP contribution in [0.1, 0.15) is 27.2 Å². The van der Waals surface area contributed by atoms with E-state index in [0.29, 0.717) is 13.0 Å². The predicted octanol–water partition coefficient (Wildman–Crippen LogP) is -0.253. The maximum Gasteiger partial charge on any atom is 0.334 e. The van der Waals surface area contributed by atoms with E-state index < -0.39 is 34.2 Å². The van der Waals surface area contributed by atoms with Gasteiger partial charge in [0, 0.05) is 13.1 Å². The molecule has 3 atom stereocenters. The Bertz CT molecular complexity index is 576. The Hall–Kier alpha value is -1.19. The molecule has 1 amide bonds. The zero-order valence-electron chi connectivity index (χ0n) is 13.6. The van der Waals surface area contributed by atoms with Crippen molar-refractivity contribution in [2.75, 3.05) is 25.4 Å². The molecule has 0 bridgehead atoms. The summed E-state index contributed by atoms with van der Waals surface area (Å²) in [5.41, 5.74) is 0. The third kappa shape index (κ3) is 3.84. The fourth-order valence-corrected chi connectivity index (χ4v) is 4.98. The van der Waals surface area contributed by atoms with Gasteiger partial charge in [0.15, 0.2) is 6.10 Å². The van der Waals surface area contributed by atoms with E-state index in [1.807, 2.05) is 0 Å². The van der Waals surface area contributed by atoms with E-state index in [1.54, 1.807) is 20.8 Å². The summed E-state index contributed by atoms with van der Waals surface area (Å²) in [5.74, 6) is -1.60. The van der Waals surface area contributed by atoms with Crippen LogP contribution in [0.25, 0.3) is 0 Å². The molecular formula is C14H24N2O6S. The summed E-state index contributed by atoms with van der Waals surface area (Å²) in [6.07, 6.45) is -0.974. The van der Waals surface area contributed by atoms with Gasteiger partial charge >= 0.3 is 5.97 Å². The van der Waals surface area contributed by atoms with Crippen molar-refractivity contribution in [1.82, 2.24) is 9.21 Å². The van der Waals surface area contributed by atoms with E-state index in [4.69, 9.17) is 9.84 Å². The number of hydrogen-bond donors (Lipinski definition) is 1. The molecule has 2 heterocycles. The fraction of sp³-hybridized carbons (Fsp3) is 0.857. The van der Waals surface area contributed by atoms with E-state index in [1.165, 1.54) is 9.21 Å². The van der Waals surface area contributed by atoms with Crippen LogP contribution in [0.2, 0.25) is 0 Å². The molecule has 0 spiro atoms. The molecule has 2 unspecified atom stereocenters. The molecule has 2 rings (SSSR count). The Morgan fingerprint density at radius 3 is 2.39 bits per heavy atom. The lowest BCUT2D eigenvalue weighted by Crippen LogP contribution is -2.58. The Labute approximate surface area is 136 Å². The molecule has 8 nitrogen and oxygen atoms in total. The Morgan fingerprint density at radius 2 is 1.91 bits per heavy atom. The van der Waals surface area contributed by atoms with Gasteiger partial charge < -0.3 is 14.7 Å². The van der Waals surface area contributed by atoms with Crippen molar-refractivity contribution in [2.24, 2.45) is 5.92 Å². The molecule has 2 aliphatic rings. The van der Waals surface area contributed by atoms with Gasteiger partial charge in [-0.05, 0) is 19.3 Å². The van der Waals surface area contributed by atoms with Gasteiger partial charge in [0.1, 0.15) is 6.04 Å². The molecule has 0 aromatic rings. The minimum absolute atomic E-state index is 0.0563. The summed E-state index contributed by atoms with van der Waals surface area (Å²) < 4.78 is 30.9. The van der Waals surface area contributed by atoms with Crippen LogP contribution in [0.15, 0.2) is 0 Å². The predicted molar refractivity (Wildman–Crippen MR) is 82.3 cm³/mol. The highest BCUT2D eigenvalue weighted by atomic mass is 32.2. The van der Waals surface area contributed by atoms with Gasteiger partial charge in [-0.25, -0.2) is 13.2 Å². The van der Waals surface area contributed by atoms with Crippen molar-refractivity contribution in [2.45, 2.75) is 45.4 Å². The van der Waals surface area contributed by atoms with Crippen LogP contribution in [-0.2, 0) is 24.3 Å². The van der Waals surface area contributed by atoms with E-state index >= 15 is 0 Å². The molecule has 132 valence electrons. The van der Waals surface area contributed by atoms with Gasteiger partial charge in [-0.1, -0.05) is 13.8 Å². The van der Waals surface area contributed by atoms with Crippen LogP contribution in [0.3, 0.4) is 0 Å². The summed E-state index contributed by atoms with van der Waals surface area (Å²) in [5, 5.41) is 9.13. The Morgan fingerprint density at radius 1 is 1.26 bits per heavy atom. The summed E-state index contributed by atoms with van der Waals surface area (Å²) >= 11 is 0. The number of carboxylic acid groups (broad SMARTS) is 1. The number of amides is 1. The molecule has 1 N–H and O–H groups in total.